The molecule has 0 radical (unpaired) electrons. The lowest BCUT2D eigenvalue weighted by atomic mass is 10.1. The van der Waals surface area contributed by atoms with Crippen molar-refractivity contribution in [2.45, 2.75) is 38.3 Å². The van der Waals surface area contributed by atoms with E-state index in [0.29, 0.717) is 17.5 Å². The molecular formula is C17H21N3O2S. The summed E-state index contributed by atoms with van der Waals surface area (Å²) in [5.41, 5.74) is 1.76. The quantitative estimate of drug-likeness (QED) is 0.915. The van der Waals surface area contributed by atoms with Crippen LogP contribution in [0.25, 0.3) is 0 Å². The van der Waals surface area contributed by atoms with Gasteiger partial charge in [-0.25, -0.2) is 0 Å². The van der Waals surface area contributed by atoms with E-state index in [4.69, 9.17) is 4.52 Å². The van der Waals surface area contributed by atoms with Gasteiger partial charge in [0.05, 0.1) is 0 Å². The van der Waals surface area contributed by atoms with Crippen molar-refractivity contribution in [3.8, 4) is 0 Å². The molecule has 3 heterocycles. The van der Waals surface area contributed by atoms with E-state index < -0.39 is 0 Å². The van der Waals surface area contributed by atoms with Crippen molar-refractivity contribution < 1.29 is 9.32 Å². The van der Waals surface area contributed by atoms with Crippen molar-refractivity contribution in [1.82, 2.24) is 15.4 Å². The van der Waals surface area contributed by atoms with E-state index in [2.05, 4.69) is 39.1 Å². The second-order valence-corrected chi connectivity index (χ2v) is 7.55. The molecule has 5 nitrogen and oxygen atoms in total. The lowest BCUT2D eigenvalue weighted by Crippen LogP contribution is -2.39. The molecule has 2 aromatic heterocycles. The van der Waals surface area contributed by atoms with Crippen molar-refractivity contribution >= 4 is 17.2 Å². The molecule has 1 saturated carbocycles. The fraction of sp³-hybridized carbons (Fsp3) is 0.529. The number of carbonyl (C=O) groups excluding carboxylic acids is 1. The number of amides is 1. The first kappa shape index (κ1) is 14.9. The summed E-state index contributed by atoms with van der Waals surface area (Å²) in [6, 6.07) is 4.13. The number of thiophene rings is 1. The van der Waals surface area contributed by atoms with Crippen LogP contribution < -0.4 is 5.32 Å². The Labute approximate surface area is 139 Å². The Kier molecular flexibility index (Phi) is 3.95. The number of nitrogens with zero attached hydrogens (tertiary/aromatic N) is 2. The van der Waals surface area contributed by atoms with Gasteiger partial charge in [0.1, 0.15) is 5.76 Å². The maximum absolute atomic E-state index is 12.4. The molecule has 1 saturated heterocycles. The molecule has 0 aromatic carbocycles. The van der Waals surface area contributed by atoms with Gasteiger partial charge in [-0.1, -0.05) is 12.1 Å². The lowest BCUT2D eigenvalue weighted by molar-refractivity contribution is 0.0922. The third kappa shape index (κ3) is 3.33. The smallest absolute Gasteiger partial charge is 0.273 e. The van der Waals surface area contributed by atoms with E-state index in [9.17, 15) is 4.79 Å². The van der Waals surface area contributed by atoms with Crippen LogP contribution >= 0.6 is 11.3 Å². The average Bonchev–Trinajstić information content (AvgIpc) is 2.94. The third-order valence-corrected chi connectivity index (χ3v) is 5.46. The fourth-order valence-corrected chi connectivity index (χ4v) is 3.88. The zero-order valence-electron chi connectivity index (χ0n) is 13.2. The summed E-state index contributed by atoms with van der Waals surface area (Å²) < 4.78 is 5.27. The normalized spacial score (nSPS) is 24.9. The van der Waals surface area contributed by atoms with Crippen LogP contribution in [0.1, 0.15) is 47.5 Å². The standard InChI is InChI=1S/C17H21N3O2S/c1-11-7-20(8-12-4-5-23-10-12)9-15(11)18-17(21)14-6-16(22-19-14)13-2-3-13/h4-6,10-11,13,15H,2-3,7-9H2,1H3,(H,18,21). The molecule has 1 amide bonds. The summed E-state index contributed by atoms with van der Waals surface area (Å²) in [7, 11) is 0. The van der Waals surface area contributed by atoms with Gasteiger partial charge in [-0.15, -0.1) is 0 Å². The van der Waals surface area contributed by atoms with Gasteiger partial charge in [-0.05, 0) is 41.1 Å². The minimum absolute atomic E-state index is 0.116. The summed E-state index contributed by atoms with van der Waals surface area (Å²) in [4.78, 5) is 14.8. The van der Waals surface area contributed by atoms with Crippen molar-refractivity contribution in [2.75, 3.05) is 13.1 Å². The van der Waals surface area contributed by atoms with Crippen molar-refractivity contribution in [2.24, 2.45) is 5.92 Å². The molecule has 2 fully saturated rings. The highest BCUT2D eigenvalue weighted by Crippen LogP contribution is 2.40. The van der Waals surface area contributed by atoms with E-state index >= 15 is 0 Å². The minimum atomic E-state index is -0.116. The van der Waals surface area contributed by atoms with Gasteiger partial charge >= 0.3 is 0 Å². The van der Waals surface area contributed by atoms with Gasteiger partial charge in [-0.3, -0.25) is 9.69 Å². The first-order valence-corrected chi connectivity index (χ1v) is 9.14. The van der Waals surface area contributed by atoms with Gasteiger partial charge in [0.25, 0.3) is 5.91 Å². The number of hydrogen-bond donors (Lipinski definition) is 1. The third-order valence-electron chi connectivity index (χ3n) is 4.73. The molecule has 23 heavy (non-hydrogen) atoms. The first-order valence-electron chi connectivity index (χ1n) is 8.20. The molecule has 1 aliphatic carbocycles. The number of likely N-dealkylation sites (tertiary alicyclic amines) is 1. The predicted octanol–water partition coefficient (Wildman–Crippen LogP) is 2.86. The summed E-state index contributed by atoms with van der Waals surface area (Å²) in [5, 5.41) is 11.3. The van der Waals surface area contributed by atoms with Gasteiger partial charge in [0.15, 0.2) is 5.69 Å². The molecule has 2 unspecified atom stereocenters. The maximum atomic E-state index is 12.4. The van der Waals surface area contributed by atoms with Crippen molar-refractivity contribution in [3.05, 3.63) is 39.9 Å². The van der Waals surface area contributed by atoms with Crippen LogP contribution in [-0.4, -0.2) is 35.1 Å². The highest BCUT2D eigenvalue weighted by atomic mass is 32.1. The average molecular weight is 331 g/mol. The number of nitrogens with one attached hydrogen (secondary N) is 1. The lowest BCUT2D eigenvalue weighted by Gasteiger charge is -2.16. The largest absolute Gasteiger partial charge is 0.360 e. The number of hydrogen-bond acceptors (Lipinski definition) is 5. The zero-order chi connectivity index (χ0) is 15.8. The molecule has 2 atom stereocenters. The Hall–Kier alpha value is -1.66. The molecule has 2 aliphatic rings. The molecule has 0 bridgehead atoms. The van der Waals surface area contributed by atoms with Crippen molar-refractivity contribution in [1.29, 1.82) is 0 Å². The molecule has 122 valence electrons. The Morgan fingerprint density at radius 2 is 2.35 bits per heavy atom. The van der Waals surface area contributed by atoms with E-state index in [0.717, 1.165) is 38.2 Å². The second-order valence-electron chi connectivity index (χ2n) is 6.77. The van der Waals surface area contributed by atoms with Gasteiger partial charge in [0, 0.05) is 37.7 Å². The summed E-state index contributed by atoms with van der Waals surface area (Å²) >= 11 is 1.73. The molecule has 0 spiro atoms. The van der Waals surface area contributed by atoms with Gasteiger partial charge < -0.3 is 9.84 Å². The van der Waals surface area contributed by atoms with Crippen LogP contribution in [0, 0.1) is 5.92 Å². The number of carbonyl (C=O) groups is 1. The van der Waals surface area contributed by atoms with Crippen LogP contribution in [0.3, 0.4) is 0 Å². The van der Waals surface area contributed by atoms with E-state index in [1.165, 1.54) is 5.56 Å². The zero-order valence-corrected chi connectivity index (χ0v) is 14.0. The molecule has 6 heteroatoms. The topological polar surface area (TPSA) is 58.4 Å². The van der Waals surface area contributed by atoms with Gasteiger partial charge in [-0.2, -0.15) is 11.3 Å². The van der Waals surface area contributed by atoms with Crippen LogP contribution in [0.5, 0.6) is 0 Å². The Morgan fingerprint density at radius 1 is 1.48 bits per heavy atom. The maximum Gasteiger partial charge on any atom is 0.273 e. The molecule has 2 aromatic rings. The monoisotopic (exact) mass is 331 g/mol. The van der Waals surface area contributed by atoms with Gasteiger partial charge in [0.2, 0.25) is 0 Å². The summed E-state index contributed by atoms with van der Waals surface area (Å²) in [6.07, 6.45) is 2.29. The predicted molar refractivity (Wildman–Crippen MR) is 88.5 cm³/mol. The molecular weight excluding hydrogens is 310 g/mol. The van der Waals surface area contributed by atoms with Crippen LogP contribution in [0.15, 0.2) is 27.4 Å². The van der Waals surface area contributed by atoms with Crippen LogP contribution in [0.4, 0.5) is 0 Å². The number of rotatable bonds is 5. The highest BCUT2D eigenvalue weighted by Gasteiger charge is 2.33. The Bertz CT molecular complexity index is 678. The highest BCUT2D eigenvalue weighted by molar-refractivity contribution is 7.07. The first-order chi connectivity index (χ1) is 11.2. The SMILES string of the molecule is CC1CN(Cc2ccsc2)CC1NC(=O)c1cc(C2CC2)on1. The summed E-state index contributed by atoms with van der Waals surface area (Å²) in [5.74, 6) is 1.66. The van der Waals surface area contributed by atoms with E-state index in [1.54, 1.807) is 17.4 Å². The second kappa shape index (κ2) is 6.09. The van der Waals surface area contributed by atoms with E-state index in [-0.39, 0.29) is 11.9 Å². The van der Waals surface area contributed by atoms with E-state index in [1.807, 2.05) is 0 Å². The van der Waals surface area contributed by atoms with Crippen LogP contribution in [-0.2, 0) is 6.54 Å². The molecule has 4 rings (SSSR count). The minimum Gasteiger partial charge on any atom is -0.360 e. The number of aromatic nitrogens is 1. The molecule has 1 aliphatic heterocycles. The summed E-state index contributed by atoms with van der Waals surface area (Å²) in [6.45, 7) is 5.04. The van der Waals surface area contributed by atoms with Crippen LogP contribution in [0.2, 0.25) is 0 Å². The Balaban J connectivity index is 1.35. The Morgan fingerprint density at radius 3 is 3.09 bits per heavy atom. The van der Waals surface area contributed by atoms with Crippen molar-refractivity contribution in [3.63, 3.8) is 0 Å². The fourth-order valence-electron chi connectivity index (χ4n) is 3.22. The molecule has 1 N–H and O–H groups in total.